The van der Waals surface area contributed by atoms with Crippen LogP contribution in [0.15, 0.2) is 52.7 Å². The zero-order valence-electron chi connectivity index (χ0n) is 16.4. The highest BCUT2D eigenvalue weighted by molar-refractivity contribution is 7.99. The Labute approximate surface area is 168 Å². The maximum Gasteiger partial charge on any atom is 0.271 e. The first-order chi connectivity index (χ1) is 13.4. The van der Waals surface area contributed by atoms with Crippen molar-refractivity contribution in [2.45, 2.75) is 44.2 Å². The second kappa shape index (κ2) is 8.93. The van der Waals surface area contributed by atoms with E-state index in [-0.39, 0.29) is 12.0 Å². The molecule has 28 heavy (non-hydrogen) atoms. The predicted molar refractivity (Wildman–Crippen MR) is 114 cm³/mol. The summed E-state index contributed by atoms with van der Waals surface area (Å²) >= 11 is 1.65. The number of nitrogens with zero attached hydrogens (tertiary/aromatic N) is 2. The molecular formula is C21H24N4O2S. The van der Waals surface area contributed by atoms with Crippen molar-refractivity contribution in [3.05, 3.63) is 53.6 Å². The molecule has 0 aliphatic rings. The van der Waals surface area contributed by atoms with Gasteiger partial charge in [-0.2, -0.15) is 5.10 Å². The van der Waals surface area contributed by atoms with Crippen LogP contribution >= 0.6 is 11.8 Å². The summed E-state index contributed by atoms with van der Waals surface area (Å²) < 4.78 is 5.66. The Kier molecular flexibility index (Phi) is 6.36. The van der Waals surface area contributed by atoms with Crippen LogP contribution in [0.4, 0.5) is 0 Å². The topological polar surface area (TPSA) is 79.4 Å². The molecule has 0 atom stereocenters. The number of imidazole rings is 1. The average molecular weight is 397 g/mol. The molecule has 0 saturated carbocycles. The van der Waals surface area contributed by atoms with E-state index in [0.29, 0.717) is 10.8 Å². The van der Waals surface area contributed by atoms with Crippen LogP contribution in [0.25, 0.3) is 11.0 Å². The molecule has 3 rings (SSSR count). The SMILES string of the molecule is CC(C)Oc1cccc(/C=N\NC(=O)c2ccc3nc(SC(C)C)[nH]c3c2)c1. The number of hydrogen-bond donors (Lipinski definition) is 2. The third-order valence-corrected chi connectivity index (χ3v) is 4.57. The molecule has 146 valence electrons. The summed E-state index contributed by atoms with van der Waals surface area (Å²) in [5.41, 5.74) is 5.60. The van der Waals surface area contributed by atoms with E-state index in [1.165, 1.54) is 0 Å². The molecule has 1 heterocycles. The summed E-state index contributed by atoms with van der Waals surface area (Å²) in [6.45, 7) is 8.17. The van der Waals surface area contributed by atoms with Gasteiger partial charge in [-0.15, -0.1) is 0 Å². The largest absolute Gasteiger partial charge is 0.491 e. The van der Waals surface area contributed by atoms with E-state index < -0.39 is 0 Å². The predicted octanol–water partition coefficient (Wildman–Crippen LogP) is 4.61. The van der Waals surface area contributed by atoms with Gasteiger partial charge in [0.15, 0.2) is 5.16 Å². The summed E-state index contributed by atoms with van der Waals surface area (Å²) in [7, 11) is 0. The number of thioether (sulfide) groups is 1. The highest BCUT2D eigenvalue weighted by atomic mass is 32.2. The Bertz CT molecular complexity index is 995. The van der Waals surface area contributed by atoms with Crippen LogP contribution in [0.2, 0.25) is 0 Å². The lowest BCUT2D eigenvalue weighted by atomic mass is 10.2. The molecule has 2 N–H and O–H groups in total. The lowest BCUT2D eigenvalue weighted by molar-refractivity contribution is 0.0955. The van der Waals surface area contributed by atoms with Gasteiger partial charge in [-0.25, -0.2) is 10.4 Å². The summed E-state index contributed by atoms with van der Waals surface area (Å²) in [5, 5.41) is 5.34. The van der Waals surface area contributed by atoms with Crippen LogP contribution in [-0.2, 0) is 0 Å². The van der Waals surface area contributed by atoms with Gasteiger partial charge in [0, 0.05) is 10.8 Å². The number of benzene rings is 2. The monoisotopic (exact) mass is 396 g/mol. The number of rotatable bonds is 7. The summed E-state index contributed by atoms with van der Waals surface area (Å²) in [6, 6.07) is 12.9. The molecule has 0 bridgehead atoms. The zero-order chi connectivity index (χ0) is 20.1. The number of hydrazone groups is 1. The number of amides is 1. The minimum Gasteiger partial charge on any atom is -0.491 e. The summed E-state index contributed by atoms with van der Waals surface area (Å²) in [4.78, 5) is 20.1. The third-order valence-electron chi connectivity index (χ3n) is 3.68. The van der Waals surface area contributed by atoms with E-state index in [1.807, 2.05) is 44.2 Å². The standard InChI is InChI=1S/C21H24N4O2S/c1-13(2)27-17-7-5-6-15(10-17)12-22-25-20(26)16-8-9-18-19(11-16)24-21(23-18)28-14(3)4/h5-14H,1-4H3,(H,23,24)(H,25,26)/b22-12-. The number of nitrogens with one attached hydrogen (secondary N) is 2. The first-order valence-corrected chi connectivity index (χ1v) is 10.0. The van der Waals surface area contributed by atoms with E-state index in [0.717, 1.165) is 27.5 Å². The number of ether oxygens (including phenoxy) is 1. The fraction of sp³-hybridized carbons (Fsp3) is 0.286. The summed E-state index contributed by atoms with van der Waals surface area (Å²) in [6.07, 6.45) is 1.70. The van der Waals surface area contributed by atoms with Crippen molar-refractivity contribution in [3.63, 3.8) is 0 Å². The number of hydrogen-bond acceptors (Lipinski definition) is 5. The number of carbonyl (C=O) groups is 1. The van der Waals surface area contributed by atoms with Crippen LogP contribution in [0.5, 0.6) is 5.75 Å². The molecule has 6 nitrogen and oxygen atoms in total. The van der Waals surface area contributed by atoms with Crippen molar-refractivity contribution in [3.8, 4) is 5.75 Å². The van der Waals surface area contributed by atoms with Gasteiger partial charge in [0.05, 0.1) is 23.4 Å². The Balaban J connectivity index is 1.66. The molecule has 1 aromatic heterocycles. The maximum atomic E-state index is 12.4. The average Bonchev–Trinajstić information content (AvgIpc) is 3.01. The Hall–Kier alpha value is -2.80. The number of H-pyrrole nitrogens is 1. The van der Waals surface area contributed by atoms with Crippen molar-refractivity contribution in [1.82, 2.24) is 15.4 Å². The number of carbonyl (C=O) groups excluding carboxylic acids is 1. The Morgan fingerprint density at radius 3 is 2.79 bits per heavy atom. The molecule has 0 aliphatic carbocycles. The lowest BCUT2D eigenvalue weighted by Crippen LogP contribution is -2.17. The van der Waals surface area contributed by atoms with Gasteiger partial charge in [0.25, 0.3) is 5.91 Å². The van der Waals surface area contributed by atoms with Gasteiger partial charge in [-0.1, -0.05) is 37.7 Å². The Morgan fingerprint density at radius 1 is 1.21 bits per heavy atom. The van der Waals surface area contributed by atoms with E-state index in [2.05, 4.69) is 34.3 Å². The van der Waals surface area contributed by atoms with Crippen molar-refractivity contribution >= 4 is 34.9 Å². The van der Waals surface area contributed by atoms with Crippen LogP contribution in [-0.4, -0.2) is 33.4 Å². The highest BCUT2D eigenvalue weighted by Gasteiger charge is 2.09. The molecule has 0 saturated heterocycles. The normalized spacial score (nSPS) is 11.6. The molecule has 0 spiro atoms. The van der Waals surface area contributed by atoms with E-state index in [4.69, 9.17) is 4.74 Å². The van der Waals surface area contributed by atoms with E-state index in [1.54, 1.807) is 30.1 Å². The molecule has 2 aromatic carbocycles. The van der Waals surface area contributed by atoms with Crippen LogP contribution in [0.3, 0.4) is 0 Å². The van der Waals surface area contributed by atoms with Crippen molar-refractivity contribution in [2.75, 3.05) is 0 Å². The van der Waals surface area contributed by atoms with Crippen LogP contribution in [0.1, 0.15) is 43.6 Å². The van der Waals surface area contributed by atoms with Gasteiger partial charge >= 0.3 is 0 Å². The van der Waals surface area contributed by atoms with Gasteiger partial charge in [0.1, 0.15) is 5.75 Å². The molecule has 0 aliphatic heterocycles. The third kappa shape index (κ3) is 5.36. The van der Waals surface area contributed by atoms with Gasteiger partial charge < -0.3 is 9.72 Å². The molecule has 0 fully saturated rings. The van der Waals surface area contributed by atoms with Crippen molar-refractivity contribution in [1.29, 1.82) is 0 Å². The van der Waals surface area contributed by atoms with Gasteiger partial charge in [0.2, 0.25) is 0 Å². The van der Waals surface area contributed by atoms with Gasteiger partial charge in [-0.3, -0.25) is 4.79 Å². The van der Waals surface area contributed by atoms with E-state index in [9.17, 15) is 4.79 Å². The second-order valence-electron chi connectivity index (χ2n) is 6.88. The second-order valence-corrected chi connectivity index (χ2v) is 8.44. The summed E-state index contributed by atoms with van der Waals surface area (Å²) in [5.74, 6) is 0.491. The number of aromatic amines is 1. The molecule has 7 heteroatoms. The first-order valence-electron chi connectivity index (χ1n) is 9.17. The molecule has 0 radical (unpaired) electrons. The van der Waals surface area contributed by atoms with Crippen LogP contribution in [0, 0.1) is 0 Å². The number of aromatic nitrogens is 2. The fourth-order valence-corrected chi connectivity index (χ4v) is 3.34. The highest BCUT2D eigenvalue weighted by Crippen LogP contribution is 2.23. The van der Waals surface area contributed by atoms with Gasteiger partial charge in [-0.05, 0) is 49.7 Å². The Morgan fingerprint density at radius 2 is 2.04 bits per heavy atom. The molecule has 1 amide bonds. The minimum absolute atomic E-state index is 0.101. The van der Waals surface area contributed by atoms with Crippen molar-refractivity contribution < 1.29 is 9.53 Å². The minimum atomic E-state index is -0.277. The van der Waals surface area contributed by atoms with Crippen LogP contribution < -0.4 is 10.2 Å². The lowest BCUT2D eigenvalue weighted by Gasteiger charge is -2.09. The molecule has 3 aromatic rings. The fourth-order valence-electron chi connectivity index (χ4n) is 2.58. The smallest absolute Gasteiger partial charge is 0.271 e. The van der Waals surface area contributed by atoms with Crippen molar-refractivity contribution in [2.24, 2.45) is 5.10 Å². The maximum absolute atomic E-state index is 12.4. The molecular weight excluding hydrogens is 372 g/mol. The quantitative estimate of drug-likeness (QED) is 0.347. The van der Waals surface area contributed by atoms with E-state index >= 15 is 0 Å². The molecule has 0 unspecified atom stereocenters. The first kappa shape index (κ1) is 19.9. The number of fused-ring (bicyclic) bond motifs is 1. The zero-order valence-corrected chi connectivity index (χ0v) is 17.2.